The van der Waals surface area contributed by atoms with Crippen LogP contribution in [0, 0.1) is 11.8 Å². The SMILES string of the molecule is CC(C)CN([C@H](CO)CCCCNC(=O)[C@H](CC1=CNC2CCCCC12)NC(=O)N1CCOCC1)S(=O)(=O)C1CCC(N)CC1. The summed E-state index contributed by atoms with van der Waals surface area (Å²) in [5, 5.41) is 19.3. The van der Waals surface area contributed by atoms with Gasteiger partial charge in [-0.3, -0.25) is 4.79 Å². The number of sulfonamides is 1. The van der Waals surface area contributed by atoms with Crippen LogP contribution >= 0.6 is 0 Å². The number of rotatable bonds is 15. The number of hydrogen-bond acceptors (Lipinski definition) is 8. The summed E-state index contributed by atoms with van der Waals surface area (Å²) in [6.07, 6.45) is 11.4. The highest BCUT2D eigenvalue weighted by Gasteiger charge is 2.38. The molecule has 4 atom stereocenters. The molecule has 2 aliphatic carbocycles. The lowest BCUT2D eigenvalue weighted by Gasteiger charge is -2.36. The van der Waals surface area contributed by atoms with Crippen LogP contribution in [0.5, 0.6) is 0 Å². The summed E-state index contributed by atoms with van der Waals surface area (Å²) >= 11 is 0. The molecule has 0 spiro atoms. The molecule has 4 aliphatic rings. The van der Waals surface area contributed by atoms with Crippen molar-refractivity contribution in [2.24, 2.45) is 17.6 Å². The number of nitrogens with two attached hydrogens (primary N) is 1. The van der Waals surface area contributed by atoms with E-state index >= 15 is 0 Å². The third kappa shape index (κ3) is 10.0. The van der Waals surface area contributed by atoms with E-state index in [1.807, 2.05) is 13.8 Å². The fourth-order valence-corrected chi connectivity index (χ4v) is 9.67. The van der Waals surface area contributed by atoms with Crippen molar-refractivity contribution < 1.29 is 27.9 Å². The Kier molecular flexibility index (Phi) is 13.8. The molecule has 4 rings (SSSR count). The average molecular weight is 655 g/mol. The van der Waals surface area contributed by atoms with Gasteiger partial charge in [0.2, 0.25) is 15.9 Å². The molecule has 2 saturated carbocycles. The molecule has 6 N–H and O–H groups in total. The minimum atomic E-state index is -3.58. The number of amides is 3. The minimum absolute atomic E-state index is 0.0573. The molecule has 13 heteroatoms. The van der Waals surface area contributed by atoms with E-state index in [0.29, 0.717) is 103 Å². The van der Waals surface area contributed by atoms with Crippen LogP contribution in [0.15, 0.2) is 11.8 Å². The molecule has 2 unspecified atom stereocenters. The van der Waals surface area contributed by atoms with Crippen molar-refractivity contribution in [1.82, 2.24) is 25.2 Å². The predicted octanol–water partition coefficient (Wildman–Crippen LogP) is 2.04. The van der Waals surface area contributed by atoms with Gasteiger partial charge in [-0.05, 0) is 75.5 Å². The van der Waals surface area contributed by atoms with Gasteiger partial charge in [-0.1, -0.05) is 33.1 Å². The zero-order valence-electron chi connectivity index (χ0n) is 27.4. The molecule has 0 radical (unpaired) electrons. The van der Waals surface area contributed by atoms with Gasteiger partial charge in [-0.25, -0.2) is 13.2 Å². The number of fused-ring (bicyclic) bond motifs is 1. The Morgan fingerprint density at radius 2 is 1.82 bits per heavy atom. The number of urea groups is 1. The van der Waals surface area contributed by atoms with Crippen molar-refractivity contribution >= 4 is 22.0 Å². The van der Waals surface area contributed by atoms with Crippen LogP contribution in [0.4, 0.5) is 4.79 Å². The summed E-state index contributed by atoms with van der Waals surface area (Å²) in [4.78, 5) is 28.2. The van der Waals surface area contributed by atoms with Crippen LogP contribution in [0.1, 0.15) is 90.9 Å². The van der Waals surface area contributed by atoms with Crippen molar-refractivity contribution in [3.05, 3.63) is 11.8 Å². The minimum Gasteiger partial charge on any atom is -0.395 e. The van der Waals surface area contributed by atoms with Crippen LogP contribution in [-0.4, -0.2) is 110 Å². The first-order chi connectivity index (χ1) is 21.6. The second kappa shape index (κ2) is 17.3. The third-order valence-electron chi connectivity index (χ3n) is 9.97. The van der Waals surface area contributed by atoms with Gasteiger partial charge in [0.05, 0.1) is 25.1 Å². The van der Waals surface area contributed by atoms with E-state index in [1.165, 1.54) is 22.7 Å². The Hall–Kier alpha value is -1.93. The number of nitrogens with zero attached hydrogens (tertiary/aromatic N) is 2. The molecule has 2 aliphatic heterocycles. The van der Waals surface area contributed by atoms with Gasteiger partial charge in [-0.2, -0.15) is 4.31 Å². The predicted molar refractivity (Wildman–Crippen MR) is 175 cm³/mol. The number of ether oxygens (including phenoxy) is 1. The van der Waals surface area contributed by atoms with Crippen molar-refractivity contribution in [3.63, 3.8) is 0 Å². The van der Waals surface area contributed by atoms with Gasteiger partial charge in [0.25, 0.3) is 0 Å². The lowest BCUT2D eigenvalue weighted by Crippen LogP contribution is -2.53. The van der Waals surface area contributed by atoms with E-state index in [0.717, 1.165) is 12.8 Å². The second-order valence-electron chi connectivity index (χ2n) is 13.9. The normalized spacial score (nSPS) is 27.0. The number of aliphatic hydroxyl groups is 1. The van der Waals surface area contributed by atoms with Crippen LogP contribution in [0.2, 0.25) is 0 Å². The summed E-state index contributed by atoms with van der Waals surface area (Å²) in [5.74, 6) is 0.313. The zero-order valence-corrected chi connectivity index (χ0v) is 28.2. The van der Waals surface area contributed by atoms with Crippen molar-refractivity contribution in [3.8, 4) is 0 Å². The maximum Gasteiger partial charge on any atom is 0.318 e. The van der Waals surface area contributed by atoms with E-state index in [-0.39, 0.29) is 30.5 Å². The number of nitrogens with one attached hydrogen (secondary N) is 3. The van der Waals surface area contributed by atoms with E-state index < -0.39 is 27.4 Å². The van der Waals surface area contributed by atoms with Gasteiger partial charge < -0.3 is 36.4 Å². The number of unbranched alkanes of at least 4 members (excludes halogenated alkanes) is 1. The number of carbonyl (C=O) groups excluding carboxylic acids is 2. The molecule has 3 amide bonds. The third-order valence-corrected chi connectivity index (χ3v) is 12.4. The van der Waals surface area contributed by atoms with Crippen LogP contribution in [0.3, 0.4) is 0 Å². The van der Waals surface area contributed by atoms with Crippen molar-refractivity contribution in [2.45, 2.75) is 120 Å². The molecular weight excluding hydrogens is 596 g/mol. The number of carbonyl (C=O) groups is 2. The standard InChI is InChI=1S/C32H58N6O6S/c1-23(2)21-38(45(42,43)27-12-10-25(33)11-13-27)26(22-39)7-5-6-14-34-31(40)30(36-32(41)37-15-17-44-18-16-37)19-24-20-35-29-9-4-3-8-28(24)29/h20,23,25-30,35,39H,3-19,21-22,33H2,1-2H3,(H,34,40)(H,36,41)/t25?,26-,27?,28?,29?,30-/m0/s1. The summed E-state index contributed by atoms with van der Waals surface area (Å²) in [5.41, 5.74) is 7.22. The molecular formula is C32H58N6O6S. The first-order valence-electron chi connectivity index (χ1n) is 17.3. The Morgan fingerprint density at radius 3 is 2.51 bits per heavy atom. The first-order valence-corrected chi connectivity index (χ1v) is 18.8. The van der Waals surface area contributed by atoms with E-state index in [9.17, 15) is 23.1 Å². The largest absolute Gasteiger partial charge is 0.395 e. The summed E-state index contributed by atoms with van der Waals surface area (Å²) in [6, 6.07) is -0.963. The highest BCUT2D eigenvalue weighted by Crippen LogP contribution is 2.36. The smallest absolute Gasteiger partial charge is 0.318 e. The van der Waals surface area contributed by atoms with Gasteiger partial charge in [0.1, 0.15) is 6.04 Å². The lowest BCUT2D eigenvalue weighted by molar-refractivity contribution is -0.123. The van der Waals surface area contributed by atoms with Gasteiger partial charge in [0, 0.05) is 50.2 Å². The van der Waals surface area contributed by atoms with E-state index in [2.05, 4.69) is 22.2 Å². The fourth-order valence-electron chi connectivity index (χ4n) is 7.32. The number of hydrogen-bond donors (Lipinski definition) is 5. The molecule has 45 heavy (non-hydrogen) atoms. The molecule has 258 valence electrons. The maximum absolute atomic E-state index is 13.7. The second-order valence-corrected chi connectivity index (χ2v) is 16.0. The van der Waals surface area contributed by atoms with Gasteiger partial charge >= 0.3 is 6.03 Å². The topological polar surface area (TPSA) is 166 Å². The Morgan fingerprint density at radius 1 is 1.11 bits per heavy atom. The molecule has 0 aromatic heterocycles. The number of morpholine rings is 1. The molecule has 1 saturated heterocycles. The van der Waals surface area contributed by atoms with E-state index in [1.54, 1.807) is 4.90 Å². The molecule has 0 aromatic rings. The van der Waals surface area contributed by atoms with Crippen LogP contribution in [0.25, 0.3) is 0 Å². The first kappa shape index (κ1) is 35.9. The molecule has 0 aromatic carbocycles. The Balaban J connectivity index is 1.31. The quantitative estimate of drug-likeness (QED) is 0.167. The average Bonchev–Trinajstić information content (AvgIpc) is 3.44. The lowest BCUT2D eigenvalue weighted by atomic mass is 9.80. The maximum atomic E-state index is 13.7. The van der Waals surface area contributed by atoms with Gasteiger partial charge in [-0.15, -0.1) is 0 Å². The van der Waals surface area contributed by atoms with Crippen molar-refractivity contribution in [2.75, 3.05) is 46.0 Å². The molecule has 3 fully saturated rings. The van der Waals surface area contributed by atoms with Crippen molar-refractivity contribution in [1.29, 1.82) is 0 Å². The van der Waals surface area contributed by atoms with Crippen LogP contribution in [-0.2, 0) is 19.6 Å². The van der Waals surface area contributed by atoms with Gasteiger partial charge in [0.15, 0.2) is 0 Å². The number of aliphatic hydroxyl groups excluding tert-OH is 1. The Labute approximate surface area is 270 Å². The van der Waals surface area contributed by atoms with Crippen LogP contribution < -0.4 is 21.7 Å². The fraction of sp³-hybridized carbons (Fsp3) is 0.875. The Bertz CT molecular complexity index is 1090. The molecule has 0 bridgehead atoms. The molecule has 2 heterocycles. The van der Waals surface area contributed by atoms with E-state index in [4.69, 9.17) is 10.5 Å². The summed E-state index contributed by atoms with van der Waals surface area (Å²) in [7, 11) is -3.58. The highest BCUT2D eigenvalue weighted by molar-refractivity contribution is 7.89. The monoisotopic (exact) mass is 654 g/mol. The highest BCUT2D eigenvalue weighted by atomic mass is 32.2. The molecule has 12 nitrogen and oxygen atoms in total. The summed E-state index contributed by atoms with van der Waals surface area (Å²) in [6.45, 7) is 6.48. The summed E-state index contributed by atoms with van der Waals surface area (Å²) < 4.78 is 34.3. The zero-order chi connectivity index (χ0) is 32.4.